The van der Waals surface area contributed by atoms with E-state index in [0.717, 1.165) is 16.7 Å². The predicted octanol–water partition coefficient (Wildman–Crippen LogP) is 4.70. The molecule has 128 valence electrons. The fraction of sp³-hybridized carbons (Fsp3) is 0.143. The summed E-state index contributed by atoms with van der Waals surface area (Å²) in [7, 11) is -3.65. The third-order valence-electron chi connectivity index (χ3n) is 4.12. The van der Waals surface area contributed by atoms with Crippen LogP contribution in [0.5, 0.6) is 0 Å². The first-order chi connectivity index (χ1) is 12.0. The molecule has 4 heteroatoms. The first-order valence-corrected chi connectivity index (χ1v) is 9.61. The second kappa shape index (κ2) is 7.11. The zero-order valence-electron chi connectivity index (χ0n) is 14.4. The van der Waals surface area contributed by atoms with Crippen molar-refractivity contribution in [3.63, 3.8) is 0 Å². The predicted molar refractivity (Wildman–Crippen MR) is 102 cm³/mol. The molecule has 0 amide bonds. The largest absolute Gasteiger partial charge is 0.264 e. The lowest BCUT2D eigenvalue weighted by Crippen LogP contribution is -2.31. The Kier molecular flexibility index (Phi) is 4.91. The molecule has 0 saturated carbocycles. The molecule has 0 heterocycles. The van der Waals surface area contributed by atoms with E-state index in [4.69, 9.17) is 0 Å². The van der Waals surface area contributed by atoms with Gasteiger partial charge in [-0.25, -0.2) is 8.42 Å². The van der Waals surface area contributed by atoms with Gasteiger partial charge in [0, 0.05) is 0 Å². The molecule has 0 aromatic heterocycles. The van der Waals surface area contributed by atoms with Crippen LogP contribution in [0.2, 0.25) is 0 Å². The lowest BCUT2D eigenvalue weighted by atomic mass is 10.1. The van der Waals surface area contributed by atoms with Crippen LogP contribution in [0.1, 0.15) is 16.7 Å². The number of anilines is 1. The van der Waals surface area contributed by atoms with Gasteiger partial charge in [-0.3, -0.25) is 4.31 Å². The van der Waals surface area contributed by atoms with Crippen molar-refractivity contribution in [1.29, 1.82) is 0 Å². The molecule has 3 aromatic rings. The van der Waals surface area contributed by atoms with Gasteiger partial charge in [0.05, 0.1) is 17.1 Å². The number of nitrogens with zero attached hydrogens (tertiary/aromatic N) is 1. The number of hydrogen-bond donors (Lipinski definition) is 0. The van der Waals surface area contributed by atoms with Crippen molar-refractivity contribution in [2.75, 3.05) is 4.31 Å². The zero-order valence-corrected chi connectivity index (χ0v) is 15.2. The van der Waals surface area contributed by atoms with Crippen molar-refractivity contribution in [3.05, 3.63) is 95.6 Å². The van der Waals surface area contributed by atoms with E-state index in [9.17, 15) is 8.42 Å². The van der Waals surface area contributed by atoms with Crippen molar-refractivity contribution in [2.24, 2.45) is 0 Å². The highest BCUT2D eigenvalue weighted by Gasteiger charge is 2.26. The maximum absolute atomic E-state index is 13.3. The van der Waals surface area contributed by atoms with E-state index < -0.39 is 10.0 Å². The van der Waals surface area contributed by atoms with Crippen LogP contribution in [0.15, 0.2) is 83.8 Å². The molecule has 0 bridgehead atoms. The first-order valence-electron chi connectivity index (χ1n) is 8.17. The number of hydrogen-bond acceptors (Lipinski definition) is 2. The smallest absolute Gasteiger partial charge is 0.262 e. The van der Waals surface area contributed by atoms with Crippen LogP contribution in [-0.4, -0.2) is 8.42 Å². The van der Waals surface area contributed by atoms with Crippen molar-refractivity contribution >= 4 is 15.7 Å². The molecule has 0 N–H and O–H groups in total. The van der Waals surface area contributed by atoms with E-state index in [-0.39, 0.29) is 0 Å². The lowest BCUT2D eigenvalue weighted by Gasteiger charge is -2.26. The van der Waals surface area contributed by atoms with E-state index >= 15 is 0 Å². The van der Waals surface area contributed by atoms with Crippen molar-refractivity contribution in [1.82, 2.24) is 0 Å². The fourth-order valence-electron chi connectivity index (χ4n) is 2.84. The first kappa shape index (κ1) is 17.2. The Morgan fingerprint density at radius 3 is 2.16 bits per heavy atom. The minimum absolute atomic E-state index is 0.295. The minimum Gasteiger partial charge on any atom is -0.262 e. The molecule has 0 aliphatic rings. The molecule has 0 spiro atoms. The van der Waals surface area contributed by atoms with Crippen molar-refractivity contribution < 1.29 is 8.42 Å². The maximum atomic E-state index is 13.3. The summed E-state index contributed by atoms with van der Waals surface area (Å²) in [5.74, 6) is 0. The summed E-state index contributed by atoms with van der Waals surface area (Å²) in [5, 5.41) is 0. The van der Waals surface area contributed by atoms with E-state index in [1.807, 2.05) is 68.4 Å². The van der Waals surface area contributed by atoms with Crippen LogP contribution in [0.25, 0.3) is 0 Å². The highest BCUT2D eigenvalue weighted by molar-refractivity contribution is 7.92. The number of sulfonamides is 1. The second-order valence-corrected chi connectivity index (χ2v) is 7.96. The van der Waals surface area contributed by atoms with Crippen molar-refractivity contribution in [2.45, 2.75) is 25.3 Å². The molecule has 0 aliphatic carbocycles. The van der Waals surface area contributed by atoms with Crippen LogP contribution < -0.4 is 4.31 Å². The standard InChI is InChI=1S/C21H21NO2S/c1-17-9-8-11-19(15-17)16-22(21-14-7-6-10-18(21)2)25(23,24)20-12-4-3-5-13-20/h3-15H,16H2,1-2H3. The Morgan fingerprint density at radius 2 is 1.48 bits per heavy atom. The Bertz CT molecular complexity index is 966. The quantitative estimate of drug-likeness (QED) is 0.668. The van der Waals surface area contributed by atoms with Gasteiger partial charge in [-0.1, -0.05) is 66.2 Å². The molecule has 25 heavy (non-hydrogen) atoms. The van der Waals surface area contributed by atoms with E-state index in [0.29, 0.717) is 17.1 Å². The summed E-state index contributed by atoms with van der Waals surface area (Å²) >= 11 is 0. The summed E-state index contributed by atoms with van der Waals surface area (Å²) < 4.78 is 28.1. The van der Waals surface area contributed by atoms with Gasteiger partial charge in [0.15, 0.2) is 0 Å². The molecular weight excluding hydrogens is 330 g/mol. The molecule has 0 saturated heterocycles. The number of benzene rings is 3. The Labute approximate surface area is 149 Å². The third-order valence-corrected chi connectivity index (χ3v) is 5.90. The van der Waals surface area contributed by atoms with E-state index in [1.165, 1.54) is 4.31 Å². The van der Waals surface area contributed by atoms with Gasteiger partial charge in [0.2, 0.25) is 0 Å². The van der Waals surface area contributed by atoms with E-state index in [2.05, 4.69) is 0 Å². The maximum Gasteiger partial charge on any atom is 0.264 e. The van der Waals surface area contributed by atoms with Crippen LogP contribution in [0.3, 0.4) is 0 Å². The molecule has 0 fully saturated rings. The normalized spacial score (nSPS) is 11.3. The Hall–Kier alpha value is -2.59. The molecular formula is C21H21NO2S. The molecule has 0 radical (unpaired) electrons. The summed E-state index contributed by atoms with van der Waals surface area (Å²) in [5.41, 5.74) is 3.70. The lowest BCUT2D eigenvalue weighted by molar-refractivity contribution is 0.590. The van der Waals surface area contributed by atoms with Crippen LogP contribution in [-0.2, 0) is 16.6 Å². The summed E-state index contributed by atoms with van der Waals surface area (Å²) in [6.07, 6.45) is 0. The Balaban J connectivity index is 2.11. The molecule has 3 aromatic carbocycles. The molecule has 3 nitrogen and oxygen atoms in total. The molecule has 3 rings (SSSR count). The zero-order chi connectivity index (χ0) is 17.9. The molecule has 0 atom stereocenters. The minimum atomic E-state index is -3.65. The third kappa shape index (κ3) is 3.74. The van der Waals surface area contributed by atoms with Gasteiger partial charge in [0.1, 0.15) is 0 Å². The van der Waals surface area contributed by atoms with Gasteiger partial charge >= 0.3 is 0 Å². The van der Waals surface area contributed by atoms with Crippen LogP contribution >= 0.6 is 0 Å². The average molecular weight is 351 g/mol. The van der Waals surface area contributed by atoms with Crippen molar-refractivity contribution in [3.8, 4) is 0 Å². The summed E-state index contributed by atoms with van der Waals surface area (Å²) in [4.78, 5) is 0.297. The molecule has 0 aliphatic heterocycles. The van der Waals surface area contributed by atoms with Gasteiger partial charge in [0.25, 0.3) is 10.0 Å². The highest BCUT2D eigenvalue weighted by atomic mass is 32.2. The fourth-order valence-corrected chi connectivity index (χ4v) is 4.38. The second-order valence-electron chi connectivity index (χ2n) is 6.10. The highest BCUT2D eigenvalue weighted by Crippen LogP contribution is 2.28. The van der Waals surface area contributed by atoms with Crippen LogP contribution in [0.4, 0.5) is 5.69 Å². The Morgan fingerprint density at radius 1 is 0.800 bits per heavy atom. The SMILES string of the molecule is Cc1cccc(CN(c2ccccc2C)S(=O)(=O)c2ccccc2)c1. The van der Waals surface area contributed by atoms with Gasteiger partial charge in [-0.2, -0.15) is 0 Å². The topological polar surface area (TPSA) is 37.4 Å². The van der Waals surface area contributed by atoms with E-state index in [1.54, 1.807) is 24.3 Å². The monoisotopic (exact) mass is 351 g/mol. The summed E-state index contributed by atoms with van der Waals surface area (Å²) in [6, 6.07) is 24.1. The summed E-state index contributed by atoms with van der Waals surface area (Å²) in [6.45, 7) is 4.23. The van der Waals surface area contributed by atoms with Gasteiger partial charge < -0.3 is 0 Å². The number of aryl methyl sites for hydroxylation is 2. The molecule has 0 unspecified atom stereocenters. The van der Waals surface area contributed by atoms with Crippen LogP contribution in [0, 0.1) is 13.8 Å². The number of para-hydroxylation sites is 1. The number of rotatable bonds is 5. The average Bonchev–Trinajstić information content (AvgIpc) is 2.61. The van der Waals surface area contributed by atoms with Gasteiger partial charge in [-0.15, -0.1) is 0 Å². The van der Waals surface area contributed by atoms with Gasteiger partial charge in [-0.05, 0) is 43.2 Å².